The maximum Gasteiger partial charge on any atom is 0.486 e. The molecule has 4 nitrogen and oxygen atoms in total. The molecule has 1 rings (SSSR count). The van der Waals surface area contributed by atoms with Crippen molar-refractivity contribution in [2.75, 3.05) is 13.2 Å². The summed E-state index contributed by atoms with van der Waals surface area (Å²) in [5, 5.41) is 0. The van der Waals surface area contributed by atoms with Gasteiger partial charge in [-0.3, -0.25) is 9.05 Å². The predicted octanol–water partition coefficient (Wildman–Crippen LogP) is 4.76. The van der Waals surface area contributed by atoms with Crippen molar-refractivity contribution in [2.24, 2.45) is 4.41 Å². The highest BCUT2D eigenvalue weighted by Gasteiger charge is 2.44. The molecule has 1 aromatic heterocycles. The minimum absolute atomic E-state index is 1.06. The van der Waals surface area contributed by atoms with Gasteiger partial charge in [-0.15, -0.1) is 4.34 Å². The highest BCUT2D eigenvalue weighted by Crippen LogP contribution is 2.50. The number of hydrogen-bond acceptors (Lipinski definition) is 3. The second-order valence-corrected chi connectivity index (χ2v) is 12.9. The molecule has 0 aliphatic carbocycles. The summed E-state index contributed by atoms with van der Waals surface area (Å²) in [5.74, 6) is 0. The fourth-order valence-electron chi connectivity index (χ4n) is 1.53. The van der Waals surface area contributed by atoms with Gasteiger partial charge in [0.25, 0.3) is 0 Å². The summed E-state index contributed by atoms with van der Waals surface area (Å²) in [7, 11) is -6.50. The Labute approximate surface area is 136 Å². The molecule has 0 amide bonds. The summed E-state index contributed by atoms with van der Waals surface area (Å²) in [4.78, 5) is 0. The van der Waals surface area contributed by atoms with Gasteiger partial charge in [0.2, 0.25) is 0 Å². The van der Waals surface area contributed by atoms with E-state index in [0.29, 0.717) is 0 Å². The lowest BCUT2D eigenvalue weighted by Crippen LogP contribution is -2.37. The smallest absolute Gasteiger partial charge is 0.263 e. The third-order valence-electron chi connectivity index (χ3n) is 2.21. The maximum absolute atomic E-state index is 12.6. The molecule has 0 aromatic carbocycles. The van der Waals surface area contributed by atoms with Crippen molar-refractivity contribution in [3.8, 4) is 0 Å². The van der Waals surface area contributed by atoms with Gasteiger partial charge >= 0.3 is 20.0 Å². The van der Waals surface area contributed by atoms with Gasteiger partial charge in [0.15, 0.2) is 33.8 Å². The van der Waals surface area contributed by atoms with E-state index in [4.69, 9.17) is 9.05 Å². The molecule has 0 aliphatic rings. The van der Waals surface area contributed by atoms with E-state index in [-0.39, 0.29) is 0 Å². The highest BCUT2D eigenvalue weighted by molar-refractivity contribution is 7.50. The van der Waals surface area contributed by atoms with Crippen LogP contribution in [-0.2, 0) is 9.05 Å². The second kappa shape index (κ2) is 7.55. The van der Waals surface area contributed by atoms with Crippen LogP contribution in [0, 0.1) is 0 Å². The zero-order chi connectivity index (χ0) is 18.6. The van der Waals surface area contributed by atoms with Gasteiger partial charge in [-0.05, 0) is 19.6 Å². The van der Waals surface area contributed by atoms with Crippen molar-refractivity contribution in [1.29, 1.82) is 0 Å². The molecule has 0 saturated heterocycles. The Balaban J connectivity index is 3.40. The number of nitrogens with zero attached hydrogens (tertiary/aromatic N) is 2. The SMILES string of the molecule is C[Si](C)(C)N=P(OCC(F)(F)F)(OCC(F)(F)F)[n+]1ccccc1. The molecular weight excluding hydrogens is 377 g/mol. The van der Waals surface area contributed by atoms with Crippen molar-refractivity contribution in [3.63, 3.8) is 0 Å². The van der Waals surface area contributed by atoms with Crippen LogP contribution in [0.2, 0.25) is 19.6 Å². The van der Waals surface area contributed by atoms with Crippen LogP contribution in [0.3, 0.4) is 0 Å². The molecule has 0 fully saturated rings. The summed E-state index contributed by atoms with van der Waals surface area (Å²) in [6.45, 7) is 1.49. The summed E-state index contributed by atoms with van der Waals surface area (Å²) >= 11 is 0. The van der Waals surface area contributed by atoms with Crippen LogP contribution in [0.5, 0.6) is 0 Å². The largest absolute Gasteiger partial charge is 0.486 e. The average Bonchev–Trinajstić information content (AvgIpc) is 2.40. The molecule has 0 radical (unpaired) electrons. The first-order valence-electron chi connectivity index (χ1n) is 6.76. The summed E-state index contributed by atoms with van der Waals surface area (Å²) in [6.07, 6.45) is -6.89. The zero-order valence-corrected chi connectivity index (χ0v) is 15.1. The zero-order valence-electron chi connectivity index (χ0n) is 13.2. The minimum Gasteiger partial charge on any atom is -0.263 e. The van der Waals surface area contributed by atoms with Crippen molar-refractivity contribution in [2.45, 2.75) is 32.0 Å². The molecule has 0 N–H and O–H groups in total. The van der Waals surface area contributed by atoms with Gasteiger partial charge in [-0.2, -0.15) is 26.3 Å². The van der Waals surface area contributed by atoms with Crippen molar-refractivity contribution in [3.05, 3.63) is 30.6 Å². The Morgan fingerprint density at radius 3 is 1.62 bits per heavy atom. The van der Waals surface area contributed by atoms with Crippen molar-refractivity contribution < 1.29 is 39.7 Å². The van der Waals surface area contributed by atoms with E-state index in [0.717, 1.165) is 4.34 Å². The van der Waals surface area contributed by atoms with Gasteiger partial charge in [0, 0.05) is 12.1 Å². The lowest BCUT2D eigenvalue weighted by molar-refractivity contribution is -0.537. The Hall–Kier alpha value is -0.903. The minimum atomic E-state index is -4.73. The Kier molecular flexibility index (Phi) is 6.65. The first kappa shape index (κ1) is 21.1. The lowest BCUT2D eigenvalue weighted by atomic mass is 10.5. The summed E-state index contributed by atoms with van der Waals surface area (Å²) in [5.41, 5.74) is 0. The molecule has 0 unspecified atom stereocenters. The third kappa shape index (κ3) is 7.78. The molecule has 0 atom stereocenters. The molecule has 0 spiro atoms. The standard InChI is InChI=1S/C12H18F6N2O2PSi/c1-24(2,3)19-23(21-9-11(13,14)15,22-10-12(16,17)18)20-7-5-4-6-8-20/h4-8H,9-10H2,1-3H3/q+1. The molecule has 12 heteroatoms. The highest BCUT2D eigenvalue weighted by atomic mass is 31.2. The number of halogens is 6. The van der Waals surface area contributed by atoms with Crippen molar-refractivity contribution >= 4 is 15.9 Å². The van der Waals surface area contributed by atoms with E-state index in [1.54, 1.807) is 25.7 Å². The quantitative estimate of drug-likeness (QED) is 0.395. The first-order chi connectivity index (χ1) is 10.7. The van der Waals surface area contributed by atoms with Crippen LogP contribution in [0.25, 0.3) is 0 Å². The first-order valence-corrected chi connectivity index (χ1v) is 11.7. The van der Waals surface area contributed by atoms with E-state index in [9.17, 15) is 26.3 Å². The summed E-state index contributed by atoms with van der Waals surface area (Å²) < 4.78 is 90.4. The van der Waals surface area contributed by atoms with Gasteiger partial charge in [0.05, 0.1) is 0 Å². The molecular formula is C12H18F6N2O2PSi+. The molecule has 24 heavy (non-hydrogen) atoms. The lowest BCUT2D eigenvalue weighted by Gasteiger charge is -2.23. The molecule has 0 aliphatic heterocycles. The normalized spacial score (nSPS) is 13.9. The number of rotatable bonds is 6. The number of aromatic nitrogens is 1. The van der Waals surface area contributed by atoms with Crippen LogP contribution < -0.4 is 4.34 Å². The van der Waals surface area contributed by atoms with Gasteiger partial charge < -0.3 is 0 Å². The Morgan fingerprint density at radius 2 is 1.29 bits per heavy atom. The van der Waals surface area contributed by atoms with E-state index >= 15 is 0 Å². The fraction of sp³-hybridized carbons (Fsp3) is 0.583. The Morgan fingerprint density at radius 1 is 0.875 bits per heavy atom. The predicted molar refractivity (Wildman–Crippen MR) is 78.7 cm³/mol. The van der Waals surface area contributed by atoms with Gasteiger partial charge in [-0.1, -0.05) is 6.07 Å². The van der Waals surface area contributed by atoms with Crippen molar-refractivity contribution in [1.82, 2.24) is 0 Å². The third-order valence-corrected chi connectivity index (χ3v) is 7.40. The second-order valence-electron chi connectivity index (χ2n) is 5.79. The molecule has 0 bridgehead atoms. The molecule has 1 aromatic rings. The van der Waals surface area contributed by atoms with Crippen LogP contribution >= 0.6 is 7.66 Å². The fourth-order valence-corrected chi connectivity index (χ4v) is 6.90. The average molecular weight is 395 g/mol. The maximum atomic E-state index is 12.6. The molecule has 0 saturated carbocycles. The topological polar surface area (TPSA) is 34.7 Å². The number of pyridine rings is 1. The van der Waals surface area contributed by atoms with Gasteiger partial charge in [-0.25, -0.2) is 4.41 Å². The van der Waals surface area contributed by atoms with E-state index in [1.165, 1.54) is 24.5 Å². The monoisotopic (exact) mass is 395 g/mol. The number of alkyl halides is 6. The molecule has 138 valence electrons. The van der Waals surface area contributed by atoms with Crippen LogP contribution in [0.1, 0.15) is 0 Å². The van der Waals surface area contributed by atoms with Crippen LogP contribution in [-0.4, -0.2) is 33.8 Å². The van der Waals surface area contributed by atoms with Crippen LogP contribution in [0.15, 0.2) is 35.0 Å². The van der Waals surface area contributed by atoms with E-state index in [1.807, 2.05) is 0 Å². The summed E-state index contributed by atoms with van der Waals surface area (Å²) in [6, 6.07) is 4.46. The van der Waals surface area contributed by atoms with Gasteiger partial charge in [0.1, 0.15) is 0 Å². The Bertz CT molecular complexity index is 564. The van der Waals surface area contributed by atoms with E-state index in [2.05, 4.69) is 4.41 Å². The van der Waals surface area contributed by atoms with E-state index < -0.39 is 41.5 Å². The number of hydrogen-bond donors (Lipinski definition) is 0. The molecule has 1 heterocycles. The van der Waals surface area contributed by atoms with Crippen LogP contribution in [0.4, 0.5) is 26.3 Å².